The van der Waals surface area contributed by atoms with Gasteiger partial charge in [-0.1, -0.05) is 44.2 Å². The zero-order chi connectivity index (χ0) is 22.9. The van der Waals surface area contributed by atoms with Gasteiger partial charge in [-0.3, -0.25) is 4.79 Å². The van der Waals surface area contributed by atoms with E-state index in [0.717, 1.165) is 5.56 Å². The highest BCUT2D eigenvalue weighted by Crippen LogP contribution is 2.48. The van der Waals surface area contributed by atoms with Gasteiger partial charge in [0.2, 0.25) is 5.88 Å². The van der Waals surface area contributed by atoms with Gasteiger partial charge in [0, 0.05) is 37.4 Å². The van der Waals surface area contributed by atoms with Gasteiger partial charge in [-0.2, -0.15) is 5.26 Å². The van der Waals surface area contributed by atoms with Crippen LogP contribution in [-0.4, -0.2) is 29.9 Å². The number of piperidine rings is 1. The molecule has 32 heavy (non-hydrogen) atoms. The van der Waals surface area contributed by atoms with Gasteiger partial charge in [0.05, 0.1) is 5.57 Å². The summed E-state index contributed by atoms with van der Waals surface area (Å²) < 4.78 is 11.2. The van der Waals surface area contributed by atoms with Gasteiger partial charge in [-0.25, -0.2) is 4.79 Å². The normalized spacial score (nSPS) is 23.3. The Bertz CT molecular complexity index is 1010. The summed E-state index contributed by atoms with van der Waals surface area (Å²) in [6.45, 7) is 5.32. The molecular weight excluding hydrogens is 406 g/mol. The van der Waals surface area contributed by atoms with Gasteiger partial charge in [-0.15, -0.1) is 0 Å². The molecule has 4 rings (SSSR count). The fourth-order valence-corrected chi connectivity index (χ4v) is 5.02. The molecule has 168 valence electrons. The first kappa shape index (κ1) is 21.9. The molecule has 7 nitrogen and oxygen atoms in total. The second-order valence-electron chi connectivity index (χ2n) is 9.61. The number of likely N-dealkylation sites (tertiary alicyclic amines) is 1. The summed E-state index contributed by atoms with van der Waals surface area (Å²) in [7, 11) is 0. The summed E-state index contributed by atoms with van der Waals surface area (Å²) in [5.74, 6) is 0.422. The van der Waals surface area contributed by atoms with Gasteiger partial charge in [0.25, 0.3) is 0 Å². The van der Waals surface area contributed by atoms with Gasteiger partial charge < -0.3 is 20.1 Å². The number of ether oxygens (including phenoxy) is 2. The Morgan fingerprint density at radius 3 is 2.59 bits per heavy atom. The van der Waals surface area contributed by atoms with Crippen LogP contribution in [0.4, 0.5) is 4.79 Å². The van der Waals surface area contributed by atoms with Crippen molar-refractivity contribution in [3.8, 4) is 6.07 Å². The van der Waals surface area contributed by atoms with E-state index in [1.165, 1.54) is 0 Å². The average molecular weight is 436 g/mol. The number of carbonyl (C=O) groups is 2. The predicted molar refractivity (Wildman–Crippen MR) is 117 cm³/mol. The molecule has 0 aromatic heterocycles. The molecule has 1 aromatic rings. The molecule has 1 aliphatic carbocycles. The maximum atomic E-state index is 13.1. The summed E-state index contributed by atoms with van der Waals surface area (Å²) in [6.07, 6.45) is 2.03. The van der Waals surface area contributed by atoms with Gasteiger partial charge >= 0.3 is 6.09 Å². The molecular formula is C25H29N3O4. The van der Waals surface area contributed by atoms with E-state index < -0.39 is 0 Å². The van der Waals surface area contributed by atoms with E-state index in [0.29, 0.717) is 55.7 Å². The zero-order valence-corrected chi connectivity index (χ0v) is 18.6. The highest BCUT2D eigenvalue weighted by atomic mass is 16.6. The highest BCUT2D eigenvalue weighted by molar-refractivity contribution is 5.98. The van der Waals surface area contributed by atoms with Crippen molar-refractivity contribution in [3.05, 3.63) is 58.7 Å². The second-order valence-corrected chi connectivity index (χ2v) is 9.61. The number of ketones is 1. The van der Waals surface area contributed by atoms with Crippen molar-refractivity contribution in [1.29, 1.82) is 5.26 Å². The van der Waals surface area contributed by atoms with Gasteiger partial charge in [0.1, 0.15) is 18.4 Å². The number of allylic oxidation sites excluding steroid dienone is 3. The van der Waals surface area contributed by atoms with E-state index in [2.05, 4.69) is 6.07 Å². The van der Waals surface area contributed by atoms with E-state index in [1.807, 2.05) is 44.2 Å². The molecule has 0 radical (unpaired) electrons. The van der Waals surface area contributed by atoms with Crippen LogP contribution < -0.4 is 5.73 Å². The number of nitrogens with zero attached hydrogens (tertiary/aromatic N) is 2. The van der Waals surface area contributed by atoms with Crippen molar-refractivity contribution in [2.24, 2.45) is 23.0 Å². The number of benzene rings is 1. The molecule has 1 fully saturated rings. The third kappa shape index (κ3) is 4.36. The number of rotatable bonds is 3. The van der Waals surface area contributed by atoms with Crippen molar-refractivity contribution >= 4 is 11.9 Å². The van der Waals surface area contributed by atoms with E-state index in [1.54, 1.807) is 4.90 Å². The number of nitrogens with two attached hydrogens (primary N) is 1. The van der Waals surface area contributed by atoms with E-state index in [4.69, 9.17) is 15.2 Å². The Kier molecular flexibility index (Phi) is 5.96. The Labute approximate surface area is 188 Å². The zero-order valence-electron chi connectivity index (χ0n) is 18.6. The summed E-state index contributed by atoms with van der Waals surface area (Å²) in [6, 6.07) is 11.8. The number of Topliss-reactive ketones (excluding diaryl/α,β-unsaturated/α-hetero) is 1. The fraction of sp³-hybridized carbons (Fsp3) is 0.480. The van der Waals surface area contributed by atoms with Crippen LogP contribution in [0.25, 0.3) is 0 Å². The average Bonchev–Trinajstić information content (AvgIpc) is 2.76. The lowest BCUT2D eigenvalue weighted by Gasteiger charge is -2.41. The smallest absolute Gasteiger partial charge is 0.410 e. The minimum atomic E-state index is -0.366. The lowest BCUT2D eigenvalue weighted by molar-refractivity contribution is -0.119. The molecule has 3 aliphatic rings. The van der Waals surface area contributed by atoms with E-state index in [9.17, 15) is 14.9 Å². The largest absolute Gasteiger partial charge is 0.445 e. The van der Waals surface area contributed by atoms with Crippen LogP contribution in [0.1, 0.15) is 45.1 Å². The third-order valence-corrected chi connectivity index (χ3v) is 6.59. The van der Waals surface area contributed by atoms with Crippen LogP contribution in [0.15, 0.2) is 53.1 Å². The number of amides is 1. The van der Waals surface area contributed by atoms with Crippen LogP contribution in [0.2, 0.25) is 0 Å². The lowest BCUT2D eigenvalue weighted by Crippen LogP contribution is -2.43. The third-order valence-electron chi connectivity index (χ3n) is 6.59. The molecule has 2 N–H and O–H groups in total. The van der Waals surface area contributed by atoms with Gasteiger partial charge in [0.15, 0.2) is 5.78 Å². The number of nitriles is 1. The minimum Gasteiger partial charge on any atom is -0.445 e. The van der Waals surface area contributed by atoms with Crippen LogP contribution in [0, 0.1) is 28.6 Å². The van der Waals surface area contributed by atoms with Crippen molar-refractivity contribution < 1.29 is 19.1 Å². The highest BCUT2D eigenvalue weighted by Gasteiger charge is 2.45. The van der Waals surface area contributed by atoms with Crippen molar-refractivity contribution in [1.82, 2.24) is 4.90 Å². The summed E-state index contributed by atoms with van der Waals surface area (Å²) in [5.41, 5.74) is 7.79. The maximum Gasteiger partial charge on any atom is 0.410 e. The fourth-order valence-electron chi connectivity index (χ4n) is 5.02. The second kappa shape index (κ2) is 8.70. The van der Waals surface area contributed by atoms with E-state index in [-0.39, 0.29) is 41.6 Å². The van der Waals surface area contributed by atoms with Crippen LogP contribution in [0.5, 0.6) is 0 Å². The minimum absolute atomic E-state index is 0.0335. The summed E-state index contributed by atoms with van der Waals surface area (Å²) in [5, 5.41) is 9.77. The molecule has 1 amide bonds. The molecule has 7 heteroatoms. The van der Waals surface area contributed by atoms with Crippen molar-refractivity contribution in [3.63, 3.8) is 0 Å². The first-order valence-corrected chi connectivity index (χ1v) is 11.1. The topological polar surface area (TPSA) is 106 Å². The Balaban J connectivity index is 1.46. The molecule has 2 heterocycles. The summed E-state index contributed by atoms with van der Waals surface area (Å²) in [4.78, 5) is 27.3. The van der Waals surface area contributed by atoms with Crippen molar-refractivity contribution in [2.45, 2.75) is 46.1 Å². The quantitative estimate of drug-likeness (QED) is 0.769. The van der Waals surface area contributed by atoms with E-state index >= 15 is 0 Å². The Morgan fingerprint density at radius 1 is 1.25 bits per heavy atom. The monoisotopic (exact) mass is 435 g/mol. The molecule has 0 bridgehead atoms. The Hall–Kier alpha value is -3.27. The first-order valence-electron chi connectivity index (χ1n) is 11.1. The maximum absolute atomic E-state index is 13.1. The molecule has 2 aliphatic heterocycles. The van der Waals surface area contributed by atoms with Crippen LogP contribution >= 0.6 is 0 Å². The standard InChI is InChI=1S/C25H29N3O4/c1-25(2)12-19(29)22-20(13-25)32-23(27)18(14-26)21(22)17-8-10-28(11-9-17)24(30)31-15-16-6-4-3-5-7-16/h3-7,17,21H,8-13,15,27H2,1-2H3/t21-/m1/s1. The molecule has 0 saturated carbocycles. The Morgan fingerprint density at radius 2 is 1.94 bits per heavy atom. The number of hydrogen-bond donors (Lipinski definition) is 1. The predicted octanol–water partition coefficient (Wildman–Crippen LogP) is 4.02. The molecule has 0 unspecified atom stereocenters. The molecule has 0 spiro atoms. The molecule has 1 saturated heterocycles. The lowest BCUT2D eigenvalue weighted by atomic mass is 9.67. The van der Waals surface area contributed by atoms with Crippen molar-refractivity contribution in [2.75, 3.05) is 13.1 Å². The molecule has 1 aromatic carbocycles. The van der Waals surface area contributed by atoms with Crippen LogP contribution in [0.3, 0.4) is 0 Å². The first-order chi connectivity index (χ1) is 15.3. The number of hydrogen-bond acceptors (Lipinski definition) is 6. The van der Waals surface area contributed by atoms with Gasteiger partial charge in [-0.05, 0) is 29.7 Å². The number of carbonyl (C=O) groups excluding carboxylic acids is 2. The SMILES string of the molecule is CC1(C)CC(=O)C2=C(C1)OC(N)=C(C#N)[C@H]2C1CCN(C(=O)OCc2ccccc2)CC1. The molecule has 1 atom stereocenters. The summed E-state index contributed by atoms with van der Waals surface area (Å²) >= 11 is 0. The van der Waals surface area contributed by atoms with Crippen LogP contribution in [-0.2, 0) is 20.9 Å².